The number of alkyl halides is 1. The highest BCUT2D eigenvalue weighted by Gasteiger charge is 2.27. The number of nitrogens with two attached hydrogens (primary N) is 1. The number of carbonyl (C=O) groups is 1. The van der Waals surface area contributed by atoms with E-state index >= 15 is 0 Å². The summed E-state index contributed by atoms with van der Waals surface area (Å²) in [5, 5.41) is 0. The van der Waals surface area contributed by atoms with Crippen LogP contribution in [0.15, 0.2) is 18.2 Å². The SMILES string of the molecule is CCOC(=O)C(F)[C@H](N)c1ccc(C)c(C)c1.Cl. The lowest BCUT2D eigenvalue weighted by Gasteiger charge is -2.16. The number of carbonyl (C=O) groups excluding carboxylic acids is 1. The van der Waals surface area contributed by atoms with Crippen LogP contribution in [0.25, 0.3) is 0 Å². The smallest absolute Gasteiger partial charge is 0.342 e. The number of rotatable bonds is 4. The van der Waals surface area contributed by atoms with Crippen molar-refractivity contribution in [2.75, 3.05) is 6.61 Å². The second-order valence-electron chi connectivity index (χ2n) is 4.02. The Kier molecular flexibility index (Phi) is 6.88. The highest BCUT2D eigenvalue weighted by molar-refractivity contribution is 5.85. The van der Waals surface area contributed by atoms with Gasteiger partial charge in [0.25, 0.3) is 0 Å². The number of ether oxygens (including phenoxy) is 1. The third kappa shape index (κ3) is 3.96. The maximum atomic E-state index is 13.7. The highest BCUT2D eigenvalue weighted by atomic mass is 35.5. The maximum absolute atomic E-state index is 13.7. The lowest BCUT2D eigenvalue weighted by Crippen LogP contribution is -2.31. The number of benzene rings is 1. The summed E-state index contributed by atoms with van der Waals surface area (Å²) in [6.45, 7) is 5.66. The first kappa shape index (κ1) is 16.9. The molecule has 5 heteroatoms. The van der Waals surface area contributed by atoms with Crippen LogP contribution in [0, 0.1) is 13.8 Å². The minimum atomic E-state index is -1.82. The lowest BCUT2D eigenvalue weighted by molar-refractivity contribution is -0.149. The molecule has 1 aromatic carbocycles. The summed E-state index contributed by atoms with van der Waals surface area (Å²) >= 11 is 0. The molecular weight excluding hydrogens is 257 g/mol. The lowest BCUT2D eigenvalue weighted by atomic mass is 9.99. The average molecular weight is 276 g/mol. The highest BCUT2D eigenvalue weighted by Crippen LogP contribution is 2.20. The van der Waals surface area contributed by atoms with E-state index in [0.29, 0.717) is 5.56 Å². The van der Waals surface area contributed by atoms with Gasteiger partial charge >= 0.3 is 5.97 Å². The summed E-state index contributed by atoms with van der Waals surface area (Å²) in [6.07, 6.45) is -1.82. The predicted octanol–water partition coefficient (Wildman–Crippen LogP) is 2.63. The van der Waals surface area contributed by atoms with E-state index in [9.17, 15) is 9.18 Å². The Labute approximate surface area is 113 Å². The minimum Gasteiger partial charge on any atom is -0.464 e. The minimum absolute atomic E-state index is 0. The molecule has 18 heavy (non-hydrogen) atoms. The predicted molar refractivity (Wildman–Crippen MR) is 71.6 cm³/mol. The fraction of sp³-hybridized carbons (Fsp3) is 0.462. The van der Waals surface area contributed by atoms with Gasteiger partial charge in [0.15, 0.2) is 0 Å². The summed E-state index contributed by atoms with van der Waals surface area (Å²) < 4.78 is 18.3. The fourth-order valence-electron chi connectivity index (χ4n) is 1.51. The molecular formula is C13H19ClFNO2. The van der Waals surface area contributed by atoms with Crippen LogP contribution < -0.4 is 5.73 Å². The molecule has 0 bridgehead atoms. The summed E-state index contributed by atoms with van der Waals surface area (Å²) in [7, 11) is 0. The Hall–Kier alpha value is -1.13. The molecule has 2 N–H and O–H groups in total. The second kappa shape index (κ2) is 7.34. The van der Waals surface area contributed by atoms with Crippen LogP contribution in [0.2, 0.25) is 0 Å². The van der Waals surface area contributed by atoms with E-state index in [2.05, 4.69) is 4.74 Å². The maximum Gasteiger partial charge on any atom is 0.342 e. The van der Waals surface area contributed by atoms with Crippen molar-refractivity contribution in [2.45, 2.75) is 33.0 Å². The summed E-state index contributed by atoms with van der Waals surface area (Å²) in [4.78, 5) is 11.2. The zero-order valence-electron chi connectivity index (χ0n) is 10.8. The zero-order chi connectivity index (χ0) is 13.0. The molecule has 1 rings (SSSR count). The Morgan fingerprint density at radius 3 is 2.50 bits per heavy atom. The van der Waals surface area contributed by atoms with Gasteiger partial charge in [0.05, 0.1) is 12.6 Å². The summed E-state index contributed by atoms with van der Waals surface area (Å²) in [6, 6.07) is 4.42. The van der Waals surface area contributed by atoms with Crippen molar-refractivity contribution in [3.63, 3.8) is 0 Å². The molecule has 0 saturated heterocycles. The van der Waals surface area contributed by atoms with E-state index in [-0.39, 0.29) is 19.0 Å². The molecule has 3 nitrogen and oxygen atoms in total. The monoisotopic (exact) mass is 275 g/mol. The molecule has 0 spiro atoms. The Bertz CT molecular complexity index is 412. The van der Waals surface area contributed by atoms with Crippen molar-refractivity contribution in [3.8, 4) is 0 Å². The summed E-state index contributed by atoms with van der Waals surface area (Å²) in [5.74, 6) is -0.904. The normalized spacial score (nSPS) is 13.4. The van der Waals surface area contributed by atoms with Crippen LogP contribution in [0.3, 0.4) is 0 Å². The molecule has 0 aliphatic heterocycles. The number of halogens is 2. The Balaban J connectivity index is 0.00000289. The number of hydrogen-bond donors (Lipinski definition) is 1. The molecule has 0 aromatic heterocycles. The van der Waals surface area contributed by atoms with Crippen LogP contribution in [0.1, 0.15) is 29.7 Å². The number of esters is 1. The van der Waals surface area contributed by atoms with Gasteiger partial charge in [0.2, 0.25) is 6.17 Å². The largest absolute Gasteiger partial charge is 0.464 e. The van der Waals surface area contributed by atoms with Gasteiger partial charge in [0.1, 0.15) is 0 Å². The number of aryl methyl sites for hydroxylation is 2. The molecule has 0 aliphatic carbocycles. The van der Waals surface area contributed by atoms with Gasteiger partial charge in [-0.05, 0) is 37.5 Å². The third-order valence-electron chi connectivity index (χ3n) is 2.74. The quantitative estimate of drug-likeness (QED) is 0.860. The Morgan fingerprint density at radius 2 is 2.00 bits per heavy atom. The second-order valence-corrected chi connectivity index (χ2v) is 4.02. The van der Waals surface area contributed by atoms with E-state index in [1.807, 2.05) is 19.9 Å². The molecule has 2 atom stereocenters. The average Bonchev–Trinajstić information content (AvgIpc) is 2.31. The van der Waals surface area contributed by atoms with Gasteiger partial charge in [-0.2, -0.15) is 0 Å². The fourth-order valence-corrected chi connectivity index (χ4v) is 1.51. The van der Waals surface area contributed by atoms with E-state index in [4.69, 9.17) is 5.73 Å². The molecule has 0 saturated carbocycles. The third-order valence-corrected chi connectivity index (χ3v) is 2.74. The van der Waals surface area contributed by atoms with E-state index < -0.39 is 18.2 Å². The van der Waals surface area contributed by atoms with Crippen LogP contribution in [-0.2, 0) is 9.53 Å². The van der Waals surface area contributed by atoms with Gasteiger partial charge in [-0.25, -0.2) is 9.18 Å². The van der Waals surface area contributed by atoms with Gasteiger partial charge in [-0.3, -0.25) is 0 Å². The molecule has 0 amide bonds. The molecule has 0 radical (unpaired) electrons. The van der Waals surface area contributed by atoms with Crippen LogP contribution in [-0.4, -0.2) is 18.7 Å². The first-order chi connectivity index (χ1) is 7.97. The number of hydrogen-bond acceptors (Lipinski definition) is 3. The van der Waals surface area contributed by atoms with Crippen molar-refractivity contribution in [1.29, 1.82) is 0 Å². The molecule has 0 fully saturated rings. The van der Waals surface area contributed by atoms with Gasteiger partial charge in [0, 0.05) is 0 Å². The van der Waals surface area contributed by atoms with Crippen molar-refractivity contribution in [1.82, 2.24) is 0 Å². The Morgan fingerprint density at radius 1 is 1.39 bits per heavy atom. The standard InChI is InChI=1S/C13H18FNO2.ClH/c1-4-17-13(16)11(14)12(15)10-6-5-8(2)9(3)7-10;/h5-7,11-12H,4,15H2,1-3H3;1H/t11?,12-;/m1./s1. The molecule has 1 aromatic rings. The van der Waals surface area contributed by atoms with Gasteiger partial charge in [-0.15, -0.1) is 12.4 Å². The first-order valence-corrected chi connectivity index (χ1v) is 5.60. The van der Waals surface area contributed by atoms with Crippen LogP contribution in [0.5, 0.6) is 0 Å². The van der Waals surface area contributed by atoms with Crippen molar-refractivity contribution < 1.29 is 13.9 Å². The van der Waals surface area contributed by atoms with Crippen LogP contribution >= 0.6 is 12.4 Å². The molecule has 0 aliphatic rings. The van der Waals surface area contributed by atoms with Crippen molar-refractivity contribution >= 4 is 18.4 Å². The summed E-state index contributed by atoms with van der Waals surface area (Å²) in [5.41, 5.74) is 8.44. The van der Waals surface area contributed by atoms with E-state index in [1.54, 1.807) is 19.1 Å². The zero-order valence-corrected chi connectivity index (χ0v) is 11.6. The first-order valence-electron chi connectivity index (χ1n) is 5.60. The van der Waals surface area contributed by atoms with E-state index in [1.165, 1.54) is 0 Å². The molecule has 0 heterocycles. The molecule has 1 unspecified atom stereocenters. The van der Waals surface area contributed by atoms with Gasteiger partial charge in [-0.1, -0.05) is 18.2 Å². The van der Waals surface area contributed by atoms with E-state index in [0.717, 1.165) is 11.1 Å². The molecule has 102 valence electrons. The van der Waals surface area contributed by atoms with Crippen molar-refractivity contribution in [2.24, 2.45) is 5.73 Å². The van der Waals surface area contributed by atoms with Crippen molar-refractivity contribution in [3.05, 3.63) is 34.9 Å². The van der Waals surface area contributed by atoms with Crippen LogP contribution in [0.4, 0.5) is 4.39 Å². The topological polar surface area (TPSA) is 52.3 Å². The van der Waals surface area contributed by atoms with Gasteiger partial charge < -0.3 is 10.5 Å².